The molecule has 0 saturated carbocycles. The van der Waals surface area contributed by atoms with Crippen LogP contribution in [0.5, 0.6) is 5.75 Å². The number of hydrogen-bond acceptors (Lipinski definition) is 2. The summed E-state index contributed by atoms with van der Waals surface area (Å²) in [7, 11) is 7.55. The molecule has 0 aliphatic heterocycles. The molecule has 0 aliphatic carbocycles. The van der Waals surface area contributed by atoms with Crippen molar-refractivity contribution in [2.45, 2.75) is 13.1 Å². The fraction of sp³-hybridized carbons (Fsp3) is 0.353. The minimum absolute atomic E-state index is 0. The molecular formula is C17H24BrIN4O. The predicted molar refractivity (Wildman–Crippen MR) is 113 cm³/mol. The number of hydrogen-bond donors (Lipinski definition) is 1. The molecular weight excluding hydrogens is 483 g/mol. The number of nitrogens with zero attached hydrogens (tertiary/aromatic N) is 3. The highest BCUT2D eigenvalue weighted by Gasteiger charge is 2.09. The van der Waals surface area contributed by atoms with Gasteiger partial charge in [0.25, 0.3) is 0 Å². The fourth-order valence-electron chi connectivity index (χ4n) is 2.39. The summed E-state index contributed by atoms with van der Waals surface area (Å²) in [5, 5.41) is 3.38. The molecule has 0 radical (unpaired) electrons. The van der Waals surface area contributed by atoms with Crippen LogP contribution in [0, 0.1) is 0 Å². The summed E-state index contributed by atoms with van der Waals surface area (Å²) in [4.78, 5) is 6.46. The van der Waals surface area contributed by atoms with Crippen LogP contribution in [0.1, 0.15) is 11.3 Å². The second-order valence-corrected chi connectivity index (χ2v) is 6.28. The Labute approximate surface area is 169 Å². The van der Waals surface area contributed by atoms with E-state index < -0.39 is 0 Å². The number of benzene rings is 1. The number of methoxy groups -OCH3 is 1. The molecule has 0 unspecified atom stereocenters. The van der Waals surface area contributed by atoms with Crippen LogP contribution in [0.4, 0.5) is 0 Å². The zero-order chi connectivity index (χ0) is 16.8. The molecule has 1 N–H and O–H groups in total. The smallest absolute Gasteiger partial charge is 0.194 e. The van der Waals surface area contributed by atoms with Gasteiger partial charge in [0.1, 0.15) is 5.75 Å². The summed E-state index contributed by atoms with van der Waals surface area (Å²) in [6.07, 6.45) is 2.05. The third-order valence-corrected chi connectivity index (χ3v) is 4.07. The van der Waals surface area contributed by atoms with Gasteiger partial charge in [0.2, 0.25) is 0 Å². The van der Waals surface area contributed by atoms with Crippen molar-refractivity contribution >= 4 is 45.9 Å². The number of aromatic nitrogens is 1. The summed E-state index contributed by atoms with van der Waals surface area (Å²) in [6, 6.07) is 10.1. The Bertz CT molecular complexity index is 687. The fourth-order valence-corrected chi connectivity index (χ4v) is 2.96. The van der Waals surface area contributed by atoms with E-state index in [0.29, 0.717) is 6.54 Å². The van der Waals surface area contributed by atoms with E-state index in [-0.39, 0.29) is 24.0 Å². The second-order valence-electron chi connectivity index (χ2n) is 5.37. The lowest BCUT2D eigenvalue weighted by molar-refractivity contribution is 0.414. The summed E-state index contributed by atoms with van der Waals surface area (Å²) in [6.45, 7) is 1.48. The van der Waals surface area contributed by atoms with E-state index in [4.69, 9.17) is 4.74 Å². The van der Waals surface area contributed by atoms with E-state index in [1.165, 1.54) is 5.69 Å². The van der Waals surface area contributed by atoms with E-state index in [9.17, 15) is 0 Å². The van der Waals surface area contributed by atoms with Crippen molar-refractivity contribution in [1.29, 1.82) is 0 Å². The Hall–Kier alpha value is -1.22. The zero-order valence-corrected chi connectivity index (χ0v) is 18.3. The Morgan fingerprint density at radius 2 is 2.12 bits per heavy atom. The first-order chi connectivity index (χ1) is 11.0. The summed E-state index contributed by atoms with van der Waals surface area (Å²) >= 11 is 3.50. The van der Waals surface area contributed by atoms with Crippen molar-refractivity contribution in [2.24, 2.45) is 12.0 Å². The SMILES string of the molecule is CN=C(NCc1cccc(OC)c1)N(C)Cc1cc(Br)cn1C.I. The lowest BCUT2D eigenvalue weighted by Crippen LogP contribution is -2.38. The van der Waals surface area contributed by atoms with Crippen molar-refractivity contribution in [3.8, 4) is 5.75 Å². The Kier molecular flexibility index (Phi) is 8.61. The quantitative estimate of drug-likeness (QED) is 0.382. The molecule has 2 rings (SSSR count). The number of aryl methyl sites for hydroxylation is 1. The van der Waals surface area contributed by atoms with Gasteiger partial charge in [-0.05, 0) is 39.7 Å². The van der Waals surface area contributed by atoms with Gasteiger partial charge < -0.3 is 19.5 Å². The molecule has 132 valence electrons. The number of halogens is 2. The number of guanidine groups is 1. The van der Waals surface area contributed by atoms with Crippen LogP contribution in [-0.2, 0) is 20.1 Å². The van der Waals surface area contributed by atoms with E-state index in [2.05, 4.69) is 54.0 Å². The maximum absolute atomic E-state index is 5.25. The number of nitrogens with one attached hydrogen (secondary N) is 1. The first-order valence-electron chi connectivity index (χ1n) is 7.39. The molecule has 0 atom stereocenters. The monoisotopic (exact) mass is 506 g/mol. The van der Waals surface area contributed by atoms with Crippen molar-refractivity contribution in [3.63, 3.8) is 0 Å². The van der Waals surface area contributed by atoms with Gasteiger partial charge in [0.15, 0.2) is 5.96 Å². The van der Waals surface area contributed by atoms with Gasteiger partial charge >= 0.3 is 0 Å². The number of rotatable bonds is 5. The standard InChI is InChI=1S/C17H23BrN4O.HI/c1-19-17(20-10-13-6-5-7-16(8-13)23-4)22(3)12-15-9-14(18)11-21(15)2;/h5-9,11H,10,12H2,1-4H3,(H,19,20);1H. The maximum atomic E-state index is 5.25. The van der Waals surface area contributed by atoms with E-state index in [0.717, 1.165) is 28.3 Å². The lowest BCUT2D eigenvalue weighted by Gasteiger charge is -2.22. The molecule has 7 heteroatoms. The van der Waals surface area contributed by atoms with Crippen molar-refractivity contribution in [2.75, 3.05) is 21.2 Å². The van der Waals surface area contributed by atoms with Gasteiger partial charge in [-0.15, -0.1) is 24.0 Å². The van der Waals surface area contributed by atoms with Crippen molar-refractivity contribution in [3.05, 3.63) is 52.3 Å². The first-order valence-corrected chi connectivity index (χ1v) is 8.18. The highest BCUT2D eigenvalue weighted by atomic mass is 127. The Balaban J connectivity index is 0.00000288. The largest absolute Gasteiger partial charge is 0.497 e. The zero-order valence-electron chi connectivity index (χ0n) is 14.4. The minimum atomic E-state index is 0. The minimum Gasteiger partial charge on any atom is -0.497 e. The molecule has 0 amide bonds. The van der Waals surface area contributed by atoms with Crippen LogP contribution in [0.2, 0.25) is 0 Å². The van der Waals surface area contributed by atoms with Crippen LogP contribution in [0.3, 0.4) is 0 Å². The normalized spacial score (nSPS) is 11.0. The van der Waals surface area contributed by atoms with Crippen molar-refractivity contribution in [1.82, 2.24) is 14.8 Å². The van der Waals surface area contributed by atoms with Crippen molar-refractivity contribution < 1.29 is 4.74 Å². The maximum Gasteiger partial charge on any atom is 0.194 e. The third kappa shape index (κ3) is 5.70. The molecule has 2 aromatic rings. The summed E-state index contributed by atoms with van der Waals surface area (Å²) < 4.78 is 8.45. The van der Waals surface area contributed by atoms with Gasteiger partial charge in [0.05, 0.1) is 13.7 Å². The Morgan fingerprint density at radius 3 is 2.71 bits per heavy atom. The van der Waals surface area contributed by atoms with Gasteiger partial charge in [-0.25, -0.2) is 0 Å². The van der Waals surface area contributed by atoms with Crippen LogP contribution < -0.4 is 10.1 Å². The molecule has 0 fully saturated rings. The van der Waals surface area contributed by atoms with Crippen LogP contribution >= 0.6 is 39.9 Å². The van der Waals surface area contributed by atoms with Crippen LogP contribution in [-0.4, -0.2) is 36.6 Å². The molecule has 1 aromatic heterocycles. The lowest BCUT2D eigenvalue weighted by atomic mass is 10.2. The molecule has 0 spiro atoms. The second kappa shape index (κ2) is 9.93. The average Bonchev–Trinajstić information content (AvgIpc) is 2.85. The first kappa shape index (κ1) is 20.8. The Morgan fingerprint density at radius 1 is 1.38 bits per heavy atom. The number of ether oxygens (including phenoxy) is 1. The van der Waals surface area contributed by atoms with E-state index >= 15 is 0 Å². The van der Waals surface area contributed by atoms with Crippen LogP contribution in [0.25, 0.3) is 0 Å². The molecule has 1 aromatic carbocycles. The molecule has 5 nitrogen and oxygen atoms in total. The van der Waals surface area contributed by atoms with Gasteiger partial charge in [0, 0.05) is 44.1 Å². The number of aliphatic imine (C=N–C) groups is 1. The highest BCUT2D eigenvalue weighted by molar-refractivity contribution is 14.0. The van der Waals surface area contributed by atoms with Gasteiger partial charge in [-0.1, -0.05) is 12.1 Å². The molecule has 0 aliphatic rings. The molecule has 1 heterocycles. The molecule has 0 saturated heterocycles. The van der Waals surface area contributed by atoms with E-state index in [1.54, 1.807) is 14.2 Å². The summed E-state index contributed by atoms with van der Waals surface area (Å²) in [5.74, 6) is 1.71. The van der Waals surface area contributed by atoms with E-state index in [1.807, 2.05) is 32.3 Å². The van der Waals surface area contributed by atoms with Gasteiger partial charge in [-0.3, -0.25) is 4.99 Å². The highest BCUT2D eigenvalue weighted by Crippen LogP contribution is 2.15. The van der Waals surface area contributed by atoms with Crippen LogP contribution in [0.15, 0.2) is 46.0 Å². The topological polar surface area (TPSA) is 41.8 Å². The third-order valence-electron chi connectivity index (χ3n) is 3.63. The predicted octanol–water partition coefficient (Wildman–Crippen LogP) is 3.62. The molecule has 24 heavy (non-hydrogen) atoms. The molecule has 0 bridgehead atoms. The van der Waals surface area contributed by atoms with Gasteiger partial charge in [-0.2, -0.15) is 0 Å². The average molecular weight is 507 g/mol. The summed E-state index contributed by atoms with van der Waals surface area (Å²) in [5.41, 5.74) is 2.37.